The summed E-state index contributed by atoms with van der Waals surface area (Å²) in [6.07, 6.45) is 0. The third-order valence-corrected chi connectivity index (χ3v) is 10.1. The third kappa shape index (κ3) is 5.75. The number of aromatic nitrogens is 2. The molecular weight excluding hydrogens is 645 g/mol. The Balaban J connectivity index is 1.03. The van der Waals surface area contributed by atoms with E-state index in [0.29, 0.717) is 5.82 Å². The van der Waals surface area contributed by atoms with Gasteiger partial charge in [-0.1, -0.05) is 158 Å². The van der Waals surface area contributed by atoms with E-state index < -0.39 is 0 Å². The summed E-state index contributed by atoms with van der Waals surface area (Å²) in [5.41, 5.74) is 13.6. The van der Waals surface area contributed by atoms with E-state index in [1.165, 1.54) is 21.9 Å². The maximum Gasteiger partial charge on any atom is 0.160 e. The average molecular weight is 677 g/mol. The highest BCUT2D eigenvalue weighted by atomic mass is 16.3. The molecule has 0 unspecified atom stereocenters. The van der Waals surface area contributed by atoms with Crippen molar-refractivity contribution in [1.29, 1.82) is 0 Å². The van der Waals surface area contributed by atoms with Crippen molar-refractivity contribution >= 4 is 32.7 Å². The number of benzene rings is 8. The summed E-state index contributed by atoms with van der Waals surface area (Å²) in [6.45, 7) is 0. The monoisotopic (exact) mass is 676 g/mol. The van der Waals surface area contributed by atoms with Gasteiger partial charge in [0.25, 0.3) is 0 Å². The minimum absolute atomic E-state index is 0.701. The van der Waals surface area contributed by atoms with Crippen LogP contribution in [0, 0.1) is 0 Å². The Hall–Kier alpha value is -7.10. The van der Waals surface area contributed by atoms with Crippen LogP contribution in [0.2, 0.25) is 0 Å². The second-order valence-electron chi connectivity index (χ2n) is 13.4. The largest absolute Gasteiger partial charge is 0.456 e. The summed E-state index contributed by atoms with van der Waals surface area (Å²) in [4.78, 5) is 10.2. The number of furan rings is 1. The smallest absolute Gasteiger partial charge is 0.160 e. The quantitative estimate of drug-likeness (QED) is 0.176. The van der Waals surface area contributed by atoms with E-state index in [9.17, 15) is 0 Å². The van der Waals surface area contributed by atoms with E-state index in [1.54, 1.807) is 0 Å². The molecule has 10 rings (SSSR count). The van der Waals surface area contributed by atoms with E-state index in [2.05, 4.69) is 170 Å². The lowest BCUT2D eigenvalue weighted by atomic mass is 9.96. The van der Waals surface area contributed by atoms with Crippen LogP contribution in [0.15, 0.2) is 199 Å². The third-order valence-electron chi connectivity index (χ3n) is 10.1. The van der Waals surface area contributed by atoms with Crippen LogP contribution in [0.1, 0.15) is 0 Å². The lowest BCUT2D eigenvalue weighted by molar-refractivity contribution is 0.669. The van der Waals surface area contributed by atoms with Crippen LogP contribution in [0.3, 0.4) is 0 Å². The molecule has 0 atom stereocenters. The van der Waals surface area contributed by atoms with Crippen molar-refractivity contribution in [3.05, 3.63) is 194 Å². The molecule has 0 bridgehead atoms. The Labute approximate surface area is 307 Å². The molecule has 0 N–H and O–H groups in total. The van der Waals surface area contributed by atoms with Crippen LogP contribution in [-0.4, -0.2) is 9.97 Å². The number of fused-ring (bicyclic) bond motifs is 5. The number of rotatable bonds is 6. The summed E-state index contributed by atoms with van der Waals surface area (Å²) >= 11 is 0. The van der Waals surface area contributed by atoms with Crippen LogP contribution < -0.4 is 0 Å². The van der Waals surface area contributed by atoms with E-state index in [0.717, 1.165) is 72.3 Å². The number of nitrogens with zero attached hydrogens (tertiary/aromatic N) is 2. The van der Waals surface area contributed by atoms with Crippen LogP contribution in [0.5, 0.6) is 0 Å². The first-order valence-corrected chi connectivity index (χ1v) is 17.9. The van der Waals surface area contributed by atoms with Crippen molar-refractivity contribution in [2.45, 2.75) is 0 Å². The van der Waals surface area contributed by atoms with Gasteiger partial charge in [-0.3, -0.25) is 0 Å². The Morgan fingerprint density at radius 2 is 0.811 bits per heavy atom. The number of hydrogen-bond donors (Lipinski definition) is 0. The molecule has 0 aliphatic rings. The van der Waals surface area contributed by atoms with Gasteiger partial charge in [0.1, 0.15) is 11.2 Å². The average Bonchev–Trinajstić information content (AvgIpc) is 3.63. The zero-order valence-corrected chi connectivity index (χ0v) is 28.8. The summed E-state index contributed by atoms with van der Waals surface area (Å²) < 4.78 is 6.29. The summed E-state index contributed by atoms with van der Waals surface area (Å²) in [7, 11) is 0. The van der Waals surface area contributed by atoms with Crippen molar-refractivity contribution in [1.82, 2.24) is 9.97 Å². The lowest BCUT2D eigenvalue weighted by Gasteiger charge is -2.12. The Bertz CT molecular complexity index is 2930. The van der Waals surface area contributed by atoms with Gasteiger partial charge in [-0.05, 0) is 80.6 Å². The summed E-state index contributed by atoms with van der Waals surface area (Å²) in [5, 5.41) is 4.71. The fourth-order valence-corrected chi connectivity index (χ4v) is 7.39. The molecule has 10 aromatic rings. The predicted molar refractivity (Wildman–Crippen MR) is 219 cm³/mol. The van der Waals surface area contributed by atoms with E-state index in [-0.39, 0.29) is 0 Å². The van der Waals surface area contributed by atoms with Crippen LogP contribution in [0.4, 0.5) is 0 Å². The van der Waals surface area contributed by atoms with Crippen molar-refractivity contribution < 1.29 is 4.42 Å². The first kappa shape index (κ1) is 30.7. The van der Waals surface area contributed by atoms with Gasteiger partial charge in [-0.15, -0.1) is 0 Å². The standard InChI is InChI=1S/C50H32N2O/c1-3-11-33(12-4-1)34-21-23-36(24-22-34)45-32-46(52-50(51-45)37-14-5-2-6-15-37)42-19-10-18-40(30-42)38-16-9-17-39(29-38)41-26-27-47-44(31-41)49-43-20-8-7-13-35(43)25-28-48(49)53-47/h1-32H. The fourth-order valence-electron chi connectivity index (χ4n) is 7.39. The van der Waals surface area contributed by atoms with Crippen molar-refractivity contribution in [3.63, 3.8) is 0 Å². The molecule has 2 aromatic heterocycles. The SMILES string of the molecule is c1ccc(-c2ccc(-c3cc(-c4cccc(-c5cccc(-c6ccc7oc8ccc9ccccc9c8c7c6)c5)c4)nc(-c4ccccc4)n3)cc2)cc1. The predicted octanol–water partition coefficient (Wildman–Crippen LogP) is 13.5. The van der Waals surface area contributed by atoms with E-state index in [4.69, 9.17) is 14.4 Å². The van der Waals surface area contributed by atoms with Gasteiger partial charge in [0, 0.05) is 27.5 Å². The van der Waals surface area contributed by atoms with Crippen molar-refractivity contribution in [2.24, 2.45) is 0 Å². The maximum atomic E-state index is 6.29. The van der Waals surface area contributed by atoms with Crippen molar-refractivity contribution in [3.8, 4) is 67.3 Å². The first-order chi connectivity index (χ1) is 26.2. The Morgan fingerprint density at radius 3 is 1.55 bits per heavy atom. The normalized spacial score (nSPS) is 11.4. The molecule has 0 saturated carbocycles. The fraction of sp³-hybridized carbons (Fsp3) is 0. The zero-order chi connectivity index (χ0) is 35.1. The topological polar surface area (TPSA) is 38.9 Å². The van der Waals surface area contributed by atoms with Gasteiger partial charge in [0.2, 0.25) is 0 Å². The highest BCUT2D eigenvalue weighted by Gasteiger charge is 2.14. The number of hydrogen-bond acceptors (Lipinski definition) is 3. The van der Waals surface area contributed by atoms with Gasteiger partial charge in [-0.2, -0.15) is 0 Å². The van der Waals surface area contributed by atoms with Gasteiger partial charge < -0.3 is 4.42 Å². The molecule has 0 amide bonds. The maximum absolute atomic E-state index is 6.29. The second kappa shape index (κ2) is 12.9. The molecule has 0 spiro atoms. The van der Waals surface area contributed by atoms with E-state index in [1.807, 2.05) is 24.3 Å². The van der Waals surface area contributed by atoms with Crippen LogP contribution in [-0.2, 0) is 0 Å². The molecule has 53 heavy (non-hydrogen) atoms. The molecule has 0 aliphatic carbocycles. The molecule has 0 saturated heterocycles. The molecule has 8 aromatic carbocycles. The molecule has 3 nitrogen and oxygen atoms in total. The molecule has 3 heteroatoms. The zero-order valence-electron chi connectivity index (χ0n) is 28.8. The Morgan fingerprint density at radius 1 is 0.302 bits per heavy atom. The molecule has 0 aliphatic heterocycles. The minimum Gasteiger partial charge on any atom is -0.456 e. The van der Waals surface area contributed by atoms with Gasteiger partial charge in [0.05, 0.1) is 11.4 Å². The van der Waals surface area contributed by atoms with Crippen LogP contribution in [0.25, 0.3) is 100.0 Å². The lowest BCUT2D eigenvalue weighted by Crippen LogP contribution is -1.96. The molecule has 0 fully saturated rings. The molecule has 248 valence electrons. The van der Waals surface area contributed by atoms with Crippen LogP contribution >= 0.6 is 0 Å². The molecule has 0 radical (unpaired) electrons. The first-order valence-electron chi connectivity index (χ1n) is 17.9. The van der Waals surface area contributed by atoms with Gasteiger partial charge in [0.15, 0.2) is 5.82 Å². The Kier molecular flexibility index (Phi) is 7.47. The van der Waals surface area contributed by atoms with Crippen molar-refractivity contribution in [2.75, 3.05) is 0 Å². The van der Waals surface area contributed by atoms with Gasteiger partial charge in [-0.25, -0.2) is 9.97 Å². The highest BCUT2D eigenvalue weighted by molar-refractivity contribution is 6.19. The molecule has 2 heterocycles. The summed E-state index contributed by atoms with van der Waals surface area (Å²) in [5.74, 6) is 0.701. The van der Waals surface area contributed by atoms with Gasteiger partial charge >= 0.3 is 0 Å². The minimum atomic E-state index is 0.701. The highest BCUT2D eigenvalue weighted by Crippen LogP contribution is 2.38. The van der Waals surface area contributed by atoms with E-state index >= 15 is 0 Å². The summed E-state index contributed by atoms with van der Waals surface area (Å²) in [6, 6.07) is 68.1. The second-order valence-corrected chi connectivity index (χ2v) is 13.4. The molecular formula is C50H32N2O.